The minimum atomic E-state index is -3.76. The molecule has 1 aliphatic carbocycles. The van der Waals surface area contributed by atoms with E-state index in [0.717, 1.165) is 11.3 Å². The molecule has 1 aromatic carbocycles. The summed E-state index contributed by atoms with van der Waals surface area (Å²) >= 11 is 0. The topological polar surface area (TPSA) is 72.3 Å². The number of halogens is 2. The molecule has 6 nitrogen and oxygen atoms in total. The van der Waals surface area contributed by atoms with Gasteiger partial charge in [0.15, 0.2) is 0 Å². The van der Waals surface area contributed by atoms with Crippen LogP contribution in [0.15, 0.2) is 23.1 Å². The van der Waals surface area contributed by atoms with Gasteiger partial charge in [-0.25, -0.2) is 22.2 Å². The van der Waals surface area contributed by atoms with Crippen LogP contribution in [0.1, 0.15) is 58.7 Å². The number of Topliss-reactive ketones (excluding diaryl/α,β-unsaturated/α-hetero) is 1. The van der Waals surface area contributed by atoms with Crippen molar-refractivity contribution in [3.63, 3.8) is 0 Å². The first-order chi connectivity index (χ1) is 14.4. The molecule has 1 saturated carbocycles. The standard InChI is InChI=1S/C22H29F2N3O3S/c1-21(2,3)20-25-18-12-17(31(29,30)26-11-8-16(28)14-26)4-5-19(18)27(20)13-15-6-9-22(23,24)10-7-15/h4-5,12,15H,6-11,13-14H2,1-3H3. The molecule has 0 atom stereocenters. The molecule has 0 amide bonds. The Bertz CT molecular complexity index is 1110. The number of imidazole rings is 1. The number of hydrogen-bond donors (Lipinski definition) is 0. The second-order valence-corrected chi connectivity index (χ2v) is 11.8. The highest BCUT2D eigenvalue weighted by atomic mass is 32.2. The molecule has 0 N–H and O–H groups in total. The molecule has 1 aromatic heterocycles. The molecule has 1 aliphatic heterocycles. The van der Waals surface area contributed by atoms with Crippen LogP contribution in [0.5, 0.6) is 0 Å². The molecule has 0 radical (unpaired) electrons. The van der Waals surface area contributed by atoms with Gasteiger partial charge < -0.3 is 4.57 Å². The average molecular weight is 454 g/mol. The Balaban J connectivity index is 1.70. The summed E-state index contributed by atoms with van der Waals surface area (Å²) in [5, 5.41) is 0. The average Bonchev–Trinajstić information content (AvgIpc) is 3.27. The van der Waals surface area contributed by atoms with E-state index in [4.69, 9.17) is 4.98 Å². The number of nitrogens with zero attached hydrogens (tertiary/aromatic N) is 3. The molecule has 2 aliphatic rings. The quantitative estimate of drug-likeness (QED) is 0.698. The van der Waals surface area contributed by atoms with Crippen LogP contribution in [0.3, 0.4) is 0 Å². The highest BCUT2D eigenvalue weighted by Gasteiger charge is 2.36. The molecular formula is C22H29F2N3O3S. The summed E-state index contributed by atoms with van der Waals surface area (Å²) < 4.78 is 56.4. The van der Waals surface area contributed by atoms with Crippen molar-refractivity contribution in [2.45, 2.75) is 75.7 Å². The van der Waals surface area contributed by atoms with Crippen LogP contribution in [0.4, 0.5) is 8.78 Å². The SMILES string of the molecule is CC(C)(C)c1nc2cc(S(=O)(=O)N3CCC(=O)C3)ccc2n1CC1CCC(F)(F)CC1. The molecule has 0 bridgehead atoms. The third kappa shape index (κ3) is 4.39. The molecule has 0 spiro atoms. The van der Waals surface area contributed by atoms with Gasteiger partial charge in [-0.1, -0.05) is 20.8 Å². The van der Waals surface area contributed by atoms with Crippen molar-refractivity contribution in [2.24, 2.45) is 5.92 Å². The number of hydrogen-bond acceptors (Lipinski definition) is 4. The number of fused-ring (bicyclic) bond motifs is 1. The lowest BCUT2D eigenvalue weighted by molar-refractivity contribution is -0.116. The Hall–Kier alpha value is -1.87. The zero-order valence-electron chi connectivity index (χ0n) is 18.2. The van der Waals surface area contributed by atoms with Gasteiger partial charge in [-0.15, -0.1) is 0 Å². The number of benzene rings is 1. The van der Waals surface area contributed by atoms with Crippen LogP contribution in [0.2, 0.25) is 0 Å². The minimum Gasteiger partial charge on any atom is -0.327 e. The van der Waals surface area contributed by atoms with Crippen LogP contribution in [0.25, 0.3) is 11.0 Å². The number of aromatic nitrogens is 2. The van der Waals surface area contributed by atoms with E-state index in [1.807, 2.05) is 20.8 Å². The van der Waals surface area contributed by atoms with Crippen LogP contribution in [-0.4, -0.2) is 47.1 Å². The van der Waals surface area contributed by atoms with Crippen LogP contribution < -0.4 is 0 Å². The van der Waals surface area contributed by atoms with E-state index in [1.54, 1.807) is 18.2 Å². The van der Waals surface area contributed by atoms with E-state index in [-0.39, 0.29) is 54.4 Å². The summed E-state index contributed by atoms with van der Waals surface area (Å²) in [5.41, 5.74) is 1.08. The lowest BCUT2D eigenvalue weighted by Gasteiger charge is -2.30. The van der Waals surface area contributed by atoms with Gasteiger partial charge in [0.25, 0.3) is 0 Å². The first kappa shape index (κ1) is 22.3. The van der Waals surface area contributed by atoms with Gasteiger partial charge in [-0.3, -0.25) is 4.79 Å². The molecule has 2 aromatic rings. The van der Waals surface area contributed by atoms with Crippen molar-refractivity contribution in [3.05, 3.63) is 24.0 Å². The van der Waals surface area contributed by atoms with E-state index in [1.165, 1.54) is 4.31 Å². The number of ketones is 1. The van der Waals surface area contributed by atoms with Crippen molar-refractivity contribution in [1.82, 2.24) is 13.9 Å². The lowest BCUT2D eigenvalue weighted by Crippen LogP contribution is -2.29. The Morgan fingerprint density at radius 3 is 2.45 bits per heavy atom. The Morgan fingerprint density at radius 2 is 1.87 bits per heavy atom. The Kier molecular flexibility index (Phi) is 5.49. The van der Waals surface area contributed by atoms with Gasteiger partial charge in [0, 0.05) is 37.8 Å². The van der Waals surface area contributed by atoms with Crippen LogP contribution in [0, 0.1) is 5.92 Å². The summed E-state index contributed by atoms with van der Waals surface area (Å²) in [6, 6.07) is 4.87. The molecule has 31 heavy (non-hydrogen) atoms. The fourth-order valence-corrected chi connectivity index (χ4v) is 5.97. The largest absolute Gasteiger partial charge is 0.327 e. The molecule has 170 valence electrons. The van der Waals surface area contributed by atoms with Gasteiger partial charge in [-0.2, -0.15) is 4.31 Å². The van der Waals surface area contributed by atoms with Crippen molar-refractivity contribution < 1.29 is 22.0 Å². The van der Waals surface area contributed by atoms with Crippen molar-refractivity contribution >= 4 is 26.8 Å². The number of sulfonamides is 1. The third-order valence-electron chi connectivity index (χ3n) is 6.30. The predicted octanol–water partition coefficient (Wildman–Crippen LogP) is 4.12. The smallest absolute Gasteiger partial charge is 0.248 e. The highest BCUT2D eigenvalue weighted by molar-refractivity contribution is 7.89. The van der Waals surface area contributed by atoms with Gasteiger partial charge in [-0.05, 0) is 37.0 Å². The number of rotatable bonds is 4. The Morgan fingerprint density at radius 1 is 1.19 bits per heavy atom. The molecule has 4 rings (SSSR count). The first-order valence-corrected chi connectivity index (χ1v) is 12.2. The number of carbonyl (C=O) groups excluding carboxylic acids is 1. The van der Waals surface area contributed by atoms with E-state index < -0.39 is 15.9 Å². The summed E-state index contributed by atoms with van der Waals surface area (Å²) in [6.45, 7) is 6.81. The van der Waals surface area contributed by atoms with E-state index in [2.05, 4.69) is 4.57 Å². The van der Waals surface area contributed by atoms with E-state index in [9.17, 15) is 22.0 Å². The molecule has 0 unspecified atom stereocenters. The van der Waals surface area contributed by atoms with Crippen molar-refractivity contribution in [1.29, 1.82) is 0 Å². The zero-order valence-corrected chi connectivity index (χ0v) is 19.0. The van der Waals surface area contributed by atoms with Gasteiger partial charge in [0.2, 0.25) is 15.9 Å². The first-order valence-electron chi connectivity index (χ1n) is 10.8. The summed E-state index contributed by atoms with van der Waals surface area (Å²) in [6.07, 6.45) is 0.986. The fraction of sp³-hybridized carbons (Fsp3) is 0.636. The summed E-state index contributed by atoms with van der Waals surface area (Å²) in [4.78, 5) is 16.4. The molecule has 9 heteroatoms. The van der Waals surface area contributed by atoms with Crippen molar-refractivity contribution in [3.8, 4) is 0 Å². The monoisotopic (exact) mass is 453 g/mol. The highest BCUT2D eigenvalue weighted by Crippen LogP contribution is 2.38. The minimum absolute atomic E-state index is 0.0815. The second kappa shape index (κ2) is 7.62. The predicted molar refractivity (Wildman–Crippen MR) is 114 cm³/mol. The summed E-state index contributed by atoms with van der Waals surface area (Å²) in [5.74, 6) is -1.70. The third-order valence-corrected chi connectivity index (χ3v) is 8.14. The maximum absolute atomic E-state index is 13.6. The fourth-order valence-electron chi connectivity index (χ4n) is 4.53. The molecule has 2 fully saturated rings. The number of alkyl halides is 2. The van der Waals surface area contributed by atoms with Crippen LogP contribution in [-0.2, 0) is 26.8 Å². The normalized spacial score (nSPS) is 21.3. The van der Waals surface area contributed by atoms with Crippen LogP contribution >= 0.6 is 0 Å². The maximum Gasteiger partial charge on any atom is 0.248 e. The number of carbonyl (C=O) groups is 1. The van der Waals surface area contributed by atoms with Crippen molar-refractivity contribution in [2.75, 3.05) is 13.1 Å². The lowest BCUT2D eigenvalue weighted by atomic mass is 9.86. The Labute approximate surface area is 181 Å². The van der Waals surface area contributed by atoms with E-state index in [0.29, 0.717) is 24.9 Å². The zero-order chi connectivity index (χ0) is 22.6. The van der Waals surface area contributed by atoms with Gasteiger partial charge >= 0.3 is 0 Å². The van der Waals surface area contributed by atoms with Gasteiger partial charge in [0.1, 0.15) is 11.6 Å². The van der Waals surface area contributed by atoms with E-state index >= 15 is 0 Å². The second-order valence-electron chi connectivity index (χ2n) is 9.87. The summed E-state index contributed by atoms with van der Waals surface area (Å²) in [7, 11) is -3.76. The van der Waals surface area contributed by atoms with Gasteiger partial charge in [0.05, 0.1) is 22.5 Å². The molecule has 2 heterocycles. The molecular weight excluding hydrogens is 424 g/mol. The maximum atomic E-state index is 13.6. The molecule has 1 saturated heterocycles.